The fourth-order valence-corrected chi connectivity index (χ4v) is 5.80. The maximum Gasteiger partial charge on any atom is 0.127 e. The second kappa shape index (κ2) is 8.10. The molecule has 1 saturated heterocycles. The number of hydrogen-bond donors (Lipinski definition) is 1. The van der Waals surface area contributed by atoms with Crippen LogP contribution in [-0.4, -0.2) is 40.8 Å². The number of aromatic amines is 1. The minimum absolute atomic E-state index is 0.212. The number of H-pyrrole nitrogens is 1. The van der Waals surface area contributed by atoms with Crippen LogP contribution in [0, 0.1) is 17.2 Å². The fourth-order valence-electron chi connectivity index (χ4n) is 4.35. The molecule has 0 bridgehead atoms. The topological polar surface area (TPSA) is 90.6 Å². The van der Waals surface area contributed by atoms with E-state index in [0.29, 0.717) is 16.4 Å². The summed E-state index contributed by atoms with van der Waals surface area (Å²) in [6, 6.07) is 15.6. The van der Waals surface area contributed by atoms with Gasteiger partial charge in [-0.05, 0) is 55.7 Å². The minimum Gasteiger partial charge on any atom is -0.346 e. The highest BCUT2D eigenvalue weighted by atomic mass is 32.2. The molecule has 7 nitrogen and oxygen atoms in total. The Hall–Kier alpha value is -3.28. The van der Waals surface area contributed by atoms with Gasteiger partial charge in [-0.15, -0.1) is 0 Å². The second-order valence-electron chi connectivity index (χ2n) is 8.00. The van der Waals surface area contributed by atoms with Gasteiger partial charge >= 0.3 is 0 Å². The van der Waals surface area contributed by atoms with E-state index in [1.54, 1.807) is 24.4 Å². The van der Waals surface area contributed by atoms with Crippen LogP contribution >= 0.6 is 0 Å². The molecule has 1 aromatic carbocycles. The van der Waals surface area contributed by atoms with Crippen LogP contribution in [0.2, 0.25) is 0 Å². The number of nitrogens with one attached hydrogen (secondary N) is 1. The molecule has 31 heavy (non-hydrogen) atoms. The highest BCUT2D eigenvalue weighted by Gasteiger charge is 2.33. The summed E-state index contributed by atoms with van der Waals surface area (Å²) >= 11 is 0. The van der Waals surface area contributed by atoms with Gasteiger partial charge in [-0.25, -0.2) is 13.5 Å². The largest absolute Gasteiger partial charge is 0.346 e. The molecule has 0 aliphatic carbocycles. The van der Waals surface area contributed by atoms with E-state index in [-0.39, 0.29) is 6.04 Å². The lowest BCUT2D eigenvalue weighted by Crippen LogP contribution is -2.29. The number of aromatic nitrogens is 4. The maximum atomic E-state index is 13.1. The summed E-state index contributed by atoms with van der Waals surface area (Å²) in [5.41, 5.74) is 4.46. The van der Waals surface area contributed by atoms with Gasteiger partial charge in [-0.1, -0.05) is 6.07 Å². The van der Waals surface area contributed by atoms with Crippen LogP contribution in [0.3, 0.4) is 0 Å². The highest BCUT2D eigenvalue weighted by molar-refractivity contribution is 7.82. The minimum atomic E-state index is -1.27. The first kappa shape index (κ1) is 19.7. The molecular formula is C23H22N6OS. The van der Waals surface area contributed by atoms with E-state index < -0.39 is 11.0 Å². The van der Waals surface area contributed by atoms with Crippen LogP contribution < -0.4 is 0 Å². The Balaban J connectivity index is 1.32. The Morgan fingerprint density at radius 1 is 1.29 bits per heavy atom. The van der Waals surface area contributed by atoms with Crippen LogP contribution in [0.15, 0.2) is 66.0 Å². The average Bonchev–Trinajstić information content (AvgIpc) is 3.54. The third-order valence-electron chi connectivity index (χ3n) is 5.86. The summed E-state index contributed by atoms with van der Waals surface area (Å²) in [4.78, 5) is 5.45. The van der Waals surface area contributed by atoms with Crippen LogP contribution in [-0.2, 0) is 17.5 Å². The lowest BCUT2D eigenvalue weighted by molar-refractivity contribution is 0.429. The van der Waals surface area contributed by atoms with E-state index in [2.05, 4.69) is 40.0 Å². The van der Waals surface area contributed by atoms with Crippen molar-refractivity contribution < 1.29 is 4.21 Å². The first-order chi connectivity index (χ1) is 15.1. The lowest BCUT2D eigenvalue weighted by atomic mass is 10.1. The Labute approximate surface area is 182 Å². The smallest absolute Gasteiger partial charge is 0.127 e. The van der Waals surface area contributed by atoms with Crippen molar-refractivity contribution in [2.24, 2.45) is 5.92 Å². The van der Waals surface area contributed by atoms with Gasteiger partial charge in [-0.2, -0.15) is 10.4 Å². The van der Waals surface area contributed by atoms with Gasteiger partial charge in [0, 0.05) is 37.1 Å². The second-order valence-corrected chi connectivity index (χ2v) is 9.43. The van der Waals surface area contributed by atoms with E-state index >= 15 is 0 Å². The molecule has 1 unspecified atom stereocenters. The van der Waals surface area contributed by atoms with Crippen molar-refractivity contribution in [3.63, 3.8) is 0 Å². The molecule has 156 valence electrons. The Kier molecular flexibility index (Phi) is 5.14. The van der Waals surface area contributed by atoms with Crippen molar-refractivity contribution in [2.45, 2.75) is 30.8 Å². The first-order valence-corrected chi connectivity index (χ1v) is 11.4. The highest BCUT2D eigenvalue weighted by Crippen LogP contribution is 2.30. The van der Waals surface area contributed by atoms with Crippen molar-refractivity contribution in [3.05, 3.63) is 66.6 Å². The molecule has 1 aliphatic rings. The van der Waals surface area contributed by atoms with Gasteiger partial charge in [-0.3, -0.25) is 5.10 Å². The van der Waals surface area contributed by atoms with E-state index in [1.807, 2.05) is 28.7 Å². The van der Waals surface area contributed by atoms with Gasteiger partial charge in [0.1, 0.15) is 11.0 Å². The number of nitriles is 1. The number of rotatable bonds is 5. The van der Waals surface area contributed by atoms with E-state index in [1.165, 1.54) is 0 Å². The summed E-state index contributed by atoms with van der Waals surface area (Å²) in [5, 5.41) is 16.0. The molecule has 1 fully saturated rings. The van der Waals surface area contributed by atoms with Crippen molar-refractivity contribution in [3.8, 4) is 17.3 Å². The van der Waals surface area contributed by atoms with Crippen LogP contribution in [0.1, 0.15) is 18.9 Å². The number of pyridine rings is 1. The van der Waals surface area contributed by atoms with Gasteiger partial charge < -0.3 is 4.57 Å². The normalized spacial score (nSPS) is 20.1. The molecule has 3 atom stereocenters. The Morgan fingerprint density at radius 2 is 2.19 bits per heavy atom. The number of nitrogens with zero attached hydrogens (tertiary/aromatic N) is 5. The zero-order chi connectivity index (χ0) is 21.4. The fraction of sp³-hybridized carbons (Fsp3) is 0.261. The molecule has 1 aliphatic heterocycles. The lowest BCUT2D eigenvalue weighted by Gasteiger charge is -2.20. The maximum absolute atomic E-state index is 13.1. The van der Waals surface area contributed by atoms with Crippen molar-refractivity contribution >= 4 is 22.0 Å². The Morgan fingerprint density at radius 3 is 3.00 bits per heavy atom. The molecule has 4 heterocycles. The average molecular weight is 431 g/mol. The zero-order valence-electron chi connectivity index (χ0n) is 17.1. The number of hydrogen-bond acceptors (Lipinski definition) is 4. The standard InChI is InChI=1S/C23H22N6OS/c1-16-9-18(15-29(16)31(30)20-4-2-3-17(10-20)11-24)14-28-8-7-22-23(28)6-5-21(27-22)19-12-25-26-13-19/h2-8,10,12-13,16,18H,9,14-15H2,1H3,(H,25,26)/t16-,18+,31?/m0/s1. The molecule has 0 saturated carbocycles. The van der Waals surface area contributed by atoms with Gasteiger partial charge in [0.25, 0.3) is 0 Å². The summed E-state index contributed by atoms with van der Waals surface area (Å²) < 4.78 is 17.4. The van der Waals surface area contributed by atoms with E-state index in [0.717, 1.165) is 41.8 Å². The molecule has 0 radical (unpaired) electrons. The molecule has 0 amide bonds. The Bertz CT molecular complexity index is 1290. The van der Waals surface area contributed by atoms with Crippen molar-refractivity contribution in [1.82, 2.24) is 24.1 Å². The van der Waals surface area contributed by atoms with Crippen LogP contribution in [0.5, 0.6) is 0 Å². The molecule has 3 aromatic heterocycles. The van der Waals surface area contributed by atoms with Gasteiger partial charge in [0.2, 0.25) is 0 Å². The summed E-state index contributed by atoms with van der Waals surface area (Å²) in [5.74, 6) is 0.391. The van der Waals surface area contributed by atoms with Crippen molar-refractivity contribution in [1.29, 1.82) is 5.26 Å². The molecule has 0 spiro atoms. The monoisotopic (exact) mass is 430 g/mol. The summed E-state index contributed by atoms with van der Waals surface area (Å²) in [6.07, 6.45) is 6.67. The molecule has 1 N–H and O–H groups in total. The quantitative estimate of drug-likeness (QED) is 0.522. The zero-order valence-corrected chi connectivity index (χ0v) is 17.9. The molecule has 4 aromatic rings. The third kappa shape index (κ3) is 3.78. The van der Waals surface area contributed by atoms with Gasteiger partial charge in [0.15, 0.2) is 0 Å². The number of fused-ring (bicyclic) bond motifs is 1. The molecule has 5 rings (SSSR count). The van der Waals surface area contributed by atoms with E-state index in [4.69, 9.17) is 10.2 Å². The predicted octanol–water partition coefficient (Wildman–Crippen LogP) is 3.73. The third-order valence-corrected chi connectivity index (χ3v) is 7.45. The van der Waals surface area contributed by atoms with E-state index in [9.17, 15) is 4.21 Å². The SMILES string of the molecule is C[C@H]1C[C@H](Cn2ccc3nc(-c4cn[nH]c4)ccc32)CN1S(=O)c1cccc(C#N)c1. The summed E-state index contributed by atoms with van der Waals surface area (Å²) in [7, 11) is -1.27. The number of benzene rings is 1. The molecular weight excluding hydrogens is 408 g/mol. The molecule has 8 heteroatoms. The van der Waals surface area contributed by atoms with Crippen LogP contribution in [0.25, 0.3) is 22.3 Å². The summed E-state index contributed by atoms with van der Waals surface area (Å²) in [6.45, 7) is 3.73. The van der Waals surface area contributed by atoms with Crippen LogP contribution in [0.4, 0.5) is 0 Å². The van der Waals surface area contributed by atoms with Gasteiger partial charge in [0.05, 0.1) is 39.5 Å². The predicted molar refractivity (Wildman–Crippen MR) is 119 cm³/mol. The van der Waals surface area contributed by atoms with Crippen molar-refractivity contribution in [2.75, 3.05) is 6.54 Å². The first-order valence-electron chi connectivity index (χ1n) is 10.3.